The van der Waals surface area contributed by atoms with E-state index in [2.05, 4.69) is 5.32 Å². The van der Waals surface area contributed by atoms with E-state index >= 15 is 0 Å². The lowest BCUT2D eigenvalue weighted by molar-refractivity contribution is -0.384. The second-order valence-corrected chi connectivity index (χ2v) is 4.95. The Morgan fingerprint density at radius 3 is 2.12 bits per heavy atom. The Labute approximate surface area is 143 Å². The van der Waals surface area contributed by atoms with Gasteiger partial charge in [-0.25, -0.2) is 4.79 Å². The summed E-state index contributed by atoms with van der Waals surface area (Å²) in [5.74, 6) is -0.784. The molecule has 0 aliphatic carbocycles. The van der Waals surface area contributed by atoms with Crippen molar-refractivity contribution in [3.8, 4) is 0 Å². The number of amides is 2. The summed E-state index contributed by atoms with van der Waals surface area (Å²) in [5, 5.41) is 23.4. The van der Waals surface area contributed by atoms with Gasteiger partial charge in [-0.3, -0.25) is 20.2 Å². The van der Waals surface area contributed by atoms with E-state index in [0.29, 0.717) is 12.1 Å². The van der Waals surface area contributed by atoms with Crippen LogP contribution in [0.2, 0.25) is 0 Å². The molecular formula is C15H10F3N3O5. The average molecular weight is 369 g/mol. The first-order chi connectivity index (χ1) is 12.1. The molecule has 0 aromatic heterocycles. The van der Waals surface area contributed by atoms with Gasteiger partial charge in [0.2, 0.25) is 0 Å². The summed E-state index contributed by atoms with van der Waals surface area (Å²) in [6.07, 6.45) is -6.31. The van der Waals surface area contributed by atoms with Gasteiger partial charge in [0.25, 0.3) is 11.6 Å². The van der Waals surface area contributed by atoms with Crippen molar-refractivity contribution >= 4 is 29.1 Å². The fraction of sp³-hybridized carbons (Fsp3) is 0.0667. The van der Waals surface area contributed by atoms with E-state index in [1.54, 1.807) is 5.32 Å². The van der Waals surface area contributed by atoms with Crippen molar-refractivity contribution in [1.29, 1.82) is 0 Å². The van der Waals surface area contributed by atoms with Crippen LogP contribution in [0, 0.1) is 10.1 Å². The highest BCUT2D eigenvalue weighted by Crippen LogP contribution is 2.34. The molecule has 2 amide bonds. The van der Waals surface area contributed by atoms with Crippen LogP contribution >= 0.6 is 0 Å². The lowest BCUT2D eigenvalue weighted by Crippen LogP contribution is -2.16. The minimum Gasteiger partial charge on any atom is -0.465 e. The van der Waals surface area contributed by atoms with E-state index in [9.17, 15) is 32.9 Å². The number of anilines is 2. The summed E-state index contributed by atoms with van der Waals surface area (Å²) >= 11 is 0. The molecule has 26 heavy (non-hydrogen) atoms. The molecule has 2 aromatic carbocycles. The summed E-state index contributed by atoms with van der Waals surface area (Å²) in [6, 6.07) is 6.59. The molecule has 0 aliphatic heterocycles. The standard InChI is InChI=1S/C15H10F3N3O5/c16-15(17,18)9-3-6-11(12(7-9)20-14(23)24)19-13(22)8-1-4-10(5-2-8)21(25)26/h1-7,20H,(H,19,22)(H,23,24). The number of benzene rings is 2. The van der Waals surface area contributed by atoms with Crippen LogP contribution in [-0.2, 0) is 6.18 Å². The highest BCUT2D eigenvalue weighted by atomic mass is 19.4. The van der Waals surface area contributed by atoms with Gasteiger partial charge in [-0.2, -0.15) is 13.2 Å². The maximum Gasteiger partial charge on any atom is 0.416 e. The van der Waals surface area contributed by atoms with Crippen LogP contribution in [0.4, 0.5) is 35.0 Å². The van der Waals surface area contributed by atoms with Gasteiger partial charge in [0.1, 0.15) is 0 Å². The number of nitro benzene ring substituents is 1. The maximum atomic E-state index is 12.7. The Morgan fingerprint density at radius 2 is 1.62 bits per heavy atom. The molecule has 0 atom stereocenters. The molecule has 3 N–H and O–H groups in total. The Balaban J connectivity index is 2.30. The Bertz CT molecular complexity index is 866. The molecule has 0 saturated heterocycles. The molecule has 0 aliphatic rings. The van der Waals surface area contributed by atoms with Crippen LogP contribution in [0.25, 0.3) is 0 Å². The van der Waals surface area contributed by atoms with E-state index in [-0.39, 0.29) is 16.9 Å². The third kappa shape index (κ3) is 4.47. The largest absolute Gasteiger partial charge is 0.465 e. The van der Waals surface area contributed by atoms with Gasteiger partial charge < -0.3 is 10.4 Å². The second kappa shape index (κ2) is 7.09. The van der Waals surface area contributed by atoms with E-state index in [1.165, 1.54) is 0 Å². The van der Waals surface area contributed by atoms with E-state index in [4.69, 9.17) is 5.11 Å². The minimum atomic E-state index is -4.70. The van der Waals surface area contributed by atoms with Crippen LogP contribution in [-0.4, -0.2) is 22.0 Å². The minimum absolute atomic E-state index is 0.00299. The number of non-ortho nitro benzene ring substituents is 1. The van der Waals surface area contributed by atoms with Gasteiger partial charge in [0.15, 0.2) is 0 Å². The Kier molecular flexibility index (Phi) is 5.10. The van der Waals surface area contributed by atoms with Crippen molar-refractivity contribution in [3.63, 3.8) is 0 Å². The number of rotatable bonds is 4. The highest BCUT2D eigenvalue weighted by Gasteiger charge is 2.31. The van der Waals surface area contributed by atoms with Crippen molar-refractivity contribution in [2.75, 3.05) is 10.6 Å². The Hall–Kier alpha value is -3.63. The zero-order valence-electron chi connectivity index (χ0n) is 12.7. The molecule has 0 heterocycles. The van der Waals surface area contributed by atoms with Crippen molar-refractivity contribution in [1.82, 2.24) is 0 Å². The van der Waals surface area contributed by atoms with Crippen molar-refractivity contribution < 1.29 is 32.8 Å². The first kappa shape index (κ1) is 18.7. The average Bonchev–Trinajstić information content (AvgIpc) is 2.55. The lowest BCUT2D eigenvalue weighted by Gasteiger charge is -2.14. The van der Waals surface area contributed by atoms with Crippen LogP contribution < -0.4 is 10.6 Å². The number of alkyl halides is 3. The lowest BCUT2D eigenvalue weighted by atomic mass is 10.1. The highest BCUT2D eigenvalue weighted by molar-refractivity contribution is 6.07. The van der Waals surface area contributed by atoms with Gasteiger partial charge in [0, 0.05) is 17.7 Å². The van der Waals surface area contributed by atoms with E-state index in [0.717, 1.165) is 30.3 Å². The number of nitro groups is 1. The molecule has 2 aromatic rings. The molecule has 8 nitrogen and oxygen atoms in total. The number of carboxylic acid groups (broad SMARTS) is 1. The Morgan fingerprint density at radius 1 is 1.00 bits per heavy atom. The molecule has 136 valence electrons. The fourth-order valence-electron chi connectivity index (χ4n) is 1.98. The van der Waals surface area contributed by atoms with E-state index < -0.39 is 34.4 Å². The van der Waals surface area contributed by atoms with E-state index in [1.807, 2.05) is 0 Å². The number of halogens is 3. The second-order valence-electron chi connectivity index (χ2n) is 4.95. The predicted octanol–water partition coefficient (Wildman–Crippen LogP) is 3.96. The first-order valence-electron chi connectivity index (χ1n) is 6.85. The van der Waals surface area contributed by atoms with Crippen molar-refractivity contribution in [3.05, 3.63) is 63.7 Å². The number of carbonyl (C=O) groups excluding carboxylic acids is 1. The number of nitrogens with zero attached hydrogens (tertiary/aromatic N) is 1. The number of nitrogens with one attached hydrogen (secondary N) is 2. The molecule has 0 radical (unpaired) electrons. The molecule has 11 heteroatoms. The normalized spacial score (nSPS) is 10.9. The smallest absolute Gasteiger partial charge is 0.416 e. The maximum absolute atomic E-state index is 12.7. The molecule has 2 rings (SSSR count). The summed E-state index contributed by atoms with van der Waals surface area (Å²) in [7, 11) is 0. The summed E-state index contributed by atoms with van der Waals surface area (Å²) in [4.78, 5) is 32.8. The summed E-state index contributed by atoms with van der Waals surface area (Å²) in [6.45, 7) is 0. The van der Waals surface area contributed by atoms with Crippen molar-refractivity contribution in [2.45, 2.75) is 6.18 Å². The summed E-state index contributed by atoms with van der Waals surface area (Å²) in [5.41, 5.74) is -2.03. The molecule has 0 saturated carbocycles. The topological polar surface area (TPSA) is 122 Å². The monoisotopic (exact) mass is 369 g/mol. The van der Waals surface area contributed by atoms with Gasteiger partial charge in [-0.05, 0) is 30.3 Å². The van der Waals surface area contributed by atoms with Crippen molar-refractivity contribution in [2.24, 2.45) is 0 Å². The molecule has 0 spiro atoms. The fourth-order valence-corrected chi connectivity index (χ4v) is 1.98. The van der Waals surface area contributed by atoms with Crippen LogP contribution in [0.5, 0.6) is 0 Å². The third-order valence-corrected chi connectivity index (χ3v) is 3.18. The van der Waals surface area contributed by atoms with Crippen LogP contribution in [0.15, 0.2) is 42.5 Å². The zero-order valence-corrected chi connectivity index (χ0v) is 12.7. The third-order valence-electron chi connectivity index (χ3n) is 3.18. The van der Waals surface area contributed by atoms with Gasteiger partial charge in [-0.1, -0.05) is 0 Å². The number of hydrogen-bond acceptors (Lipinski definition) is 4. The molecule has 0 bridgehead atoms. The quantitative estimate of drug-likeness (QED) is 0.556. The summed E-state index contributed by atoms with van der Waals surface area (Å²) < 4.78 is 38.2. The molecule has 0 fully saturated rings. The van der Waals surface area contributed by atoms with Gasteiger partial charge in [-0.15, -0.1) is 0 Å². The SMILES string of the molecule is O=C(O)Nc1cc(C(F)(F)F)ccc1NC(=O)c1ccc([N+](=O)[O-])cc1. The predicted molar refractivity (Wildman–Crippen MR) is 84.1 cm³/mol. The number of carbonyl (C=O) groups is 2. The molecule has 0 unspecified atom stereocenters. The van der Waals surface area contributed by atoms with Gasteiger partial charge >= 0.3 is 12.3 Å². The first-order valence-corrected chi connectivity index (χ1v) is 6.85. The van der Waals surface area contributed by atoms with Crippen LogP contribution in [0.3, 0.4) is 0 Å². The molecular weight excluding hydrogens is 359 g/mol. The van der Waals surface area contributed by atoms with Gasteiger partial charge in [0.05, 0.1) is 21.9 Å². The number of hydrogen-bond donors (Lipinski definition) is 3. The van der Waals surface area contributed by atoms with Crippen LogP contribution in [0.1, 0.15) is 15.9 Å². The zero-order chi connectivity index (χ0) is 19.5.